The van der Waals surface area contributed by atoms with Crippen molar-refractivity contribution < 1.29 is 9.59 Å². The molecular weight excluding hydrogens is 466 g/mol. The first-order valence-electron chi connectivity index (χ1n) is 12.1. The van der Waals surface area contributed by atoms with Crippen molar-refractivity contribution in [1.29, 1.82) is 0 Å². The van der Waals surface area contributed by atoms with Gasteiger partial charge >= 0.3 is 0 Å². The molecule has 0 spiro atoms. The number of carbonyl (C=O) groups is 2. The lowest BCUT2D eigenvalue weighted by atomic mass is 9.94. The highest BCUT2D eigenvalue weighted by atomic mass is 35.5. The third-order valence-electron chi connectivity index (χ3n) is 7.19. The number of nitrogens with zero attached hydrogens (tertiary/aromatic N) is 3. The maximum atomic E-state index is 13.3. The first-order valence-corrected chi connectivity index (χ1v) is 13.3. The summed E-state index contributed by atoms with van der Waals surface area (Å²) < 4.78 is 0. The van der Waals surface area contributed by atoms with E-state index < -0.39 is 0 Å². The number of hydrogen-bond donors (Lipinski definition) is 0. The largest absolute Gasteiger partial charge is 0.336 e. The minimum atomic E-state index is -0.0943. The van der Waals surface area contributed by atoms with Gasteiger partial charge in [0.25, 0.3) is 11.8 Å². The van der Waals surface area contributed by atoms with Crippen LogP contribution in [0.5, 0.6) is 0 Å². The zero-order valence-corrected chi connectivity index (χ0v) is 21.1. The maximum absolute atomic E-state index is 13.3. The molecule has 2 amide bonds. The van der Waals surface area contributed by atoms with Gasteiger partial charge in [0.15, 0.2) is 0 Å². The topological polar surface area (TPSA) is 43.9 Å². The fourth-order valence-electron chi connectivity index (χ4n) is 5.18. The molecule has 0 bridgehead atoms. The molecule has 178 valence electrons. The maximum Gasteiger partial charge on any atom is 0.264 e. The Balaban J connectivity index is 1.29. The van der Waals surface area contributed by atoms with E-state index in [9.17, 15) is 9.59 Å². The van der Waals surface area contributed by atoms with Crippen molar-refractivity contribution >= 4 is 46.9 Å². The second kappa shape index (κ2) is 10.1. The van der Waals surface area contributed by atoms with E-state index in [1.54, 1.807) is 11.9 Å². The molecule has 5 nitrogen and oxygen atoms in total. The van der Waals surface area contributed by atoms with Crippen molar-refractivity contribution in [2.24, 2.45) is 0 Å². The first kappa shape index (κ1) is 23.5. The van der Waals surface area contributed by atoms with Crippen molar-refractivity contribution in [1.82, 2.24) is 9.80 Å². The van der Waals surface area contributed by atoms with Crippen LogP contribution in [0.3, 0.4) is 0 Å². The Bertz CT molecular complexity index is 1120. The highest BCUT2D eigenvalue weighted by molar-refractivity contribution is 8.04. The lowest BCUT2D eigenvalue weighted by molar-refractivity contribution is -0.114. The Kier molecular flexibility index (Phi) is 7.00. The second-order valence-electron chi connectivity index (χ2n) is 9.30. The number of benzene rings is 2. The van der Waals surface area contributed by atoms with Crippen LogP contribution >= 0.6 is 23.4 Å². The summed E-state index contributed by atoms with van der Waals surface area (Å²) in [5, 5.41) is 0.612. The minimum absolute atomic E-state index is 0.0503. The Morgan fingerprint density at radius 2 is 1.76 bits per heavy atom. The van der Waals surface area contributed by atoms with Crippen molar-refractivity contribution in [2.75, 3.05) is 38.1 Å². The van der Waals surface area contributed by atoms with E-state index in [1.807, 2.05) is 53.4 Å². The smallest absolute Gasteiger partial charge is 0.264 e. The summed E-state index contributed by atoms with van der Waals surface area (Å²) in [7, 11) is 1.76. The molecule has 0 N–H and O–H groups in total. The standard InChI is InChI=1S/C27H30ClN3O2S/c1-29-23-17-20(26(32)31-15-13-30(14-16-31)21-8-3-2-4-9-21)11-12-24(23)34-25(27(29)33)18-19-7-5-6-10-22(19)28/h5-7,10-12,17-18,21H,2-4,8-9,13-16H2,1H3/b25-18+. The van der Waals surface area contributed by atoms with E-state index in [1.165, 1.54) is 43.9 Å². The quantitative estimate of drug-likeness (QED) is 0.524. The third-order valence-corrected chi connectivity index (χ3v) is 8.61. The number of amides is 2. The molecule has 1 saturated heterocycles. The Morgan fingerprint density at radius 1 is 1.03 bits per heavy atom. The van der Waals surface area contributed by atoms with Gasteiger partial charge in [0.2, 0.25) is 0 Å². The predicted octanol–water partition coefficient (Wildman–Crippen LogP) is 5.54. The van der Waals surface area contributed by atoms with Gasteiger partial charge in [-0.25, -0.2) is 0 Å². The molecule has 2 fully saturated rings. The number of hydrogen-bond acceptors (Lipinski definition) is 4. The number of piperazine rings is 1. The van der Waals surface area contributed by atoms with Crippen LogP contribution in [0.4, 0.5) is 5.69 Å². The minimum Gasteiger partial charge on any atom is -0.336 e. The summed E-state index contributed by atoms with van der Waals surface area (Å²) in [5.41, 5.74) is 2.23. The summed E-state index contributed by atoms with van der Waals surface area (Å²) in [4.78, 5) is 34.1. The van der Waals surface area contributed by atoms with E-state index >= 15 is 0 Å². The number of likely N-dealkylation sites (N-methyl/N-ethyl adjacent to an activating group) is 1. The van der Waals surface area contributed by atoms with Crippen molar-refractivity contribution in [3.8, 4) is 0 Å². The normalized spacial score (nSPS) is 21.1. The Labute approximate surface area is 210 Å². The lowest BCUT2D eigenvalue weighted by Gasteiger charge is -2.40. The van der Waals surface area contributed by atoms with Crippen LogP contribution in [0.1, 0.15) is 48.0 Å². The van der Waals surface area contributed by atoms with Crippen LogP contribution < -0.4 is 4.90 Å². The summed E-state index contributed by atoms with van der Waals surface area (Å²) in [6, 6.07) is 13.9. The fraction of sp³-hybridized carbons (Fsp3) is 0.407. The van der Waals surface area contributed by atoms with E-state index in [0.29, 0.717) is 21.5 Å². The molecule has 2 heterocycles. The predicted molar refractivity (Wildman–Crippen MR) is 139 cm³/mol. The molecule has 2 aromatic carbocycles. The van der Waals surface area contributed by atoms with Crippen LogP contribution in [0.15, 0.2) is 52.3 Å². The number of carbonyl (C=O) groups excluding carboxylic acids is 2. The van der Waals surface area contributed by atoms with Gasteiger partial charge in [0.1, 0.15) is 0 Å². The van der Waals surface area contributed by atoms with Crippen LogP contribution in [0.2, 0.25) is 5.02 Å². The van der Waals surface area contributed by atoms with Gasteiger partial charge in [-0.1, -0.05) is 60.8 Å². The van der Waals surface area contributed by atoms with Crippen molar-refractivity contribution in [3.63, 3.8) is 0 Å². The van der Waals surface area contributed by atoms with Crippen molar-refractivity contribution in [3.05, 3.63) is 63.5 Å². The third kappa shape index (κ3) is 4.77. The molecule has 0 unspecified atom stereocenters. The van der Waals surface area contributed by atoms with Gasteiger partial charge in [0, 0.05) is 54.8 Å². The molecule has 5 rings (SSSR count). The highest BCUT2D eigenvalue weighted by Crippen LogP contribution is 2.42. The van der Waals surface area contributed by atoms with E-state index in [-0.39, 0.29) is 11.8 Å². The number of thioether (sulfide) groups is 1. The molecule has 0 radical (unpaired) electrons. The molecular formula is C27H30ClN3O2S. The van der Waals surface area contributed by atoms with Gasteiger partial charge in [0.05, 0.1) is 10.6 Å². The fourth-order valence-corrected chi connectivity index (χ4v) is 6.45. The number of anilines is 1. The van der Waals surface area contributed by atoms with Gasteiger partial charge in [-0.2, -0.15) is 0 Å². The average Bonchev–Trinajstić information content (AvgIpc) is 2.88. The average molecular weight is 496 g/mol. The molecule has 2 aliphatic heterocycles. The van der Waals surface area contributed by atoms with Crippen LogP contribution in [0.25, 0.3) is 6.08 Å². The van der Waals surface area contributed by atoms with Gasteiger partial charge in [-0.3, -0.25) is 14.5 Å². The molecule has 34 heavy (non-hydrogen) atoms. The molecule has 2 aromatic rings. The van der Waals surface area contributed by atoms with E-state index in [4.69, 9.17) is 11.6 Å². The number of rotatable bonds is 3. The van der Waals surface area contributed by atoms with Gasteiger partial charge in [-0.15, -0.1) is 0 Å². The number of fused-ring (bicyclic) bond motifs is 1. The zero-order chi connectivity index (χ0) is 23.7. The molecule has 7 heteroatoms. The summed E-state index contributed by atoms with van der Waals surface area (Å²) in [6.45, 7) is 3.43. The molecule has 0 aromatic heterocycles. The van der Waals surface area contributed by atoms with E-state index in [2.05, 4.69) is 4.90 Å². The van der Waals surface area contributed by atoms with Crippen LogP contribution in [0, 0.1) is 0 Å². The summed E-state index contributed by atoms with van der Waals surface area (Å²) in [6.07, 6.45) is 8.45. The summed E-state index contributed by atoms with van der Waals surface area (Å²) in [5.74, 6) is -0.0440. The second-order valence-corrected chi connectivity index (χ2v) is 10.8. The van der Waals surface area contributed by atoms with Gasteiger partial charge in [-0.05, 0) is 48.7 Å². The number of halogens is 1. The molecule has 1 saturated carbocycles. The molecule has 0 atom stereocenters. The lowest BCUT2D eigenvalue weighted by Crippen LogP contribution is -2.52. The summed E-state index contributed by atoms with van der Waals surface area (Å²) >= 11 is 7.71. The van der Waals surface area contributed by atoms with Crippen LogP contribution in [-0.4, -0.2) is 60.9 Å². The monoisotopic (exact) mass is 495 g/mol. The van der Waals surface area contributed by atoms with Gasteiger partial charge < -0.3 is 9.80 Å². The SMILES string of the molecule is CN1C(=O)/C(=C\c2ccccc2Cl)Sc2ccc(C(=O)N3CCN(C4CCCCC4)CC3)cc21. The first-order chi connectivity index (χ1) is 16.5. The Hall–Kier alpha value is -2.28. The molecule has 1 aliphatic carbocycles. The molecule has 3 aliphatic rings. The Morgan fingerprint density at radius 3 is 2.50 bits per heavy atom. The van der Waals surface area contributed by atoms with E-state index in [0.717, 1.165) is 42.3 Å². The van der Waals surface area contributed by atoms with Crippen molar-refractivity contribution in [2.45, 2.75) is 43.0 Å². The van der Waals surface area contributed by atoms with Crippen LogP contribution in [-0.2, 0) is 4.79 Å². The zero-order valence-electron chi connectivity index (χ0n) is 19.5. The highest BCUT2D eigenvalue weighted by Gasteiger charge is 2.30.